The Labute approximate surface area is 110 Å². The van der Waals surface area contributed by atoms with Crippen LogP contribution < -0.4 is 16.0 Å². The van der Waals surface area contributed by atoms with Crippen LogP contribution in [0.15, 0.2) is 12.3 Å². The fraction of sp³-hybridized carbons (Fsp3) is 0.417. The number of carbonyl (C=O) groups excluding carboxylic acids is 2. The van der Waals surface area contributed by atoms with Crippen molar-refractivity contribution < 1.29 is 14.0 Å². The second kappa shape index (κ2) is 7.30. The highest BCUT2D eigenvalue weighted by Crippen LogP contribution is 2.14. The molecule has 0 fully saturated rings. The van der Waals surface area contributed by atoms with Crippen molar-refractivity contribution in [3.05, 3.63) is 23.6 Å². The predicted molar refractivity (Wildman–Crippen MR) is 69.4 cm³/mol. The van der Waals surface area contributed by atoms with Gasteiger partial charge in [-0.25, -0.2) is 9.37 Å². The summed E-state index contributed by atoms with van der Waals surface area (Å²) in [6, 6.07) is 1.27. The number of likely N-dealkylation sites (N-methyl/N-ethyl adjacent to an activating group) is 1. The maximum absolute atomic E-state index is 13.9. The fourth-order valence-electron chi connectivity index (χ4n) is 1.43. The van der Waals surface area contributed by atoms with Gasteiger partial charge in [-0.05, 0) is 19.9 Å². The van der Waals surface area contributed by atoms with E-state index < -0.39 is 11.7 Å². The Kier molecular flexibility index (Phi) is 5.72. The van der Waals surface area contributed by atoms with Crippen molar-refractivity contribution in [2.45, 2.75) is 13.8 Å². The second-order valence-corrected chi connectivity index (χ2v) is 3.69. The molecule has 0 aliphatic carbocycles. The molecule has 0 saturated carbocycles. The number of nitrogens with zero attached hydrogens (tertiary/aromatic N) is 1. The summed E-state index contributed by atoms with van der Waals surface area (Å²) in [5.41, 5.74) is -0.143. The molecule has 0 aliphatic heterocycles. The number of halogens is 1. The molecular weight excluding hydrogens is 251 g/mol. The minimum atomic E-state index is -0.724. The Bertz CT molecular complexity index is 465. The number of rotatable bonds is 6. The number of pyridine rings is 1. The molecule has 2 amide bonds. The Hall–Kier alpha value is -2.18. The Morgan fingerprint density at radius 1 is 1.26 bits per heavy atom. The van der Waals surface area contributed by atoms with Gasteiger partial charge < -0.3 is 16.0 Å². The van der Waals surface area contributed by atoms with Crippen LogP contribution in [0, 0.1) is 5.82 Å². The van der Waals surface area contributed by atoms with E-state index in [0.29, 0.717) is 13.1 Å². The van der Waals surface area contributed by atoms with Crippen molar-refractivity contribution in [1.82, 2.24) is 15.6 Å². The molecular formula is C12H17FN4O2. The quantitative estimate of drug-likeness (QED) is 0.702. The van der Waals surface area contributed by atoms with Gasteiger partial charge >= 0.3 is 0 Å². The molecule has 0 aromatic carbocycles. The summed E-state index contributed by atoms with van der Waals surface area (Å²) in [6.45, 7) is 4.34. The van der Waals surface area contributed by atoms with Crippen LogP contribution in [0.2, 0.25) is 0 Å². The van der Waals surface area contributed by atoms with E-state index in [1.54, 1.807) is 13.8 Å². The third-order valence-electron chi connectivity index (χ3n) is 2.26. The van der Waals surface area contributed by atoms with Crippen LogP contribution in [0.1, 0.15) is 24.2 Å². The van der Waals surface area contributed by atoms with Crippen molar-refractivity contribution in [3.63, 3.8) is 0 Å². The molecule has 19 heavy (non-hydrogen) atoms. The van der Waals surface area contributed by atoms with E-state index in [9.17, 15) is 14.0 Å². The first kappa shape index (κ1) is 14.9. The highest BCUT2D eigenvalue weighted by atomic mass is 19.1. The molecule has 0 atom stereocenters. The zero-order valence-electron chi connectivity index (χ0n) is 10.9. The van der Waals surface area contributed by atoms with Gasteiger partial charge in [-0.2, -0.15) is 0 Å². The number of nitrogens with one attached hydrogen (secondary N) is 3. The summed E-state index contributed by atoms with van der Waals surface area (Å²) >= 11 is 0. The van der Waals surface area contributed by atoms with Crippen molar-refractivity contribution in [2.24, 2.45) is 0 Å². The van der Waals surface area contributed by atoms with Crippen molar-refractivity contribution in [2.75, 3.05) is 25.0 Å². The first-order valence-electron chi connectivity index (χ1n) is 6.03. The van der Waals surface area contributed by atoms with Crippen LogP contribution in [0.25, 0.3) is 0 Å². The topological polar surface area (TPSA) is 83.1 Å². The number of aromatic nitrogens is 1. The smallest absolute Gasteiger partial charge is 0.254 e. The van der Waals surface area contributed by atoms with Gasteiger partial charge in [0.2, 0.25) is 5.91 Å². The molecule has 0 spiro atoms. The van der Waals surface area contributed by atoms with E-state index >= 15 is 0 Å². The lowest BCUT2D eigenvalue weighted by Gasteiger charge is -2.09. The number of hydrogen-bond donors (Lipinski definition) is 3. The van der Waals surface area contributed by atoms with Gasteiger partial charge in [0.25, 0.3) is 5.91 Å². The molecule has 0 saturated heterocycles. The van der Waals surface area contributed by atoms with Gasteiger partial charge in [0.05, 0.1) is 12.1 Å². The molecule has 104 valence electrons. The zero-order chi connectivity index (χ0) is 14.3. The van der Waals surface area contributed by atoms with Gasteiger partial charge in [0.1, 0.15) is 0 Å². The summed E-state index contributed by atoms with van der Waals surface area (Å²) in [7, 11) is 0. The maximum atomic E-state index is 13.9. The van der Waals surface area contributed by atoms with Crippen LogP contribution in [0.5, 0.6) is 0 Å². The van der Waals surface area contributed by atoms with E-state index in [1.165, 1.54) is 12.3 Å². The Balaban J connectivity index is 2.71. The average Bonchev–Trinajstić information content (AvgIpc) is 2.39. The second-order valence-electron chi connectivity index (χ2n) is 3.69. The summed E-state index contributed by atoms with van der Waals surface area (Å²) in [5.74, 6) is -1.67. The van der Waals surface area contributed by atoms with Crippen molar-refractivity contribution in [3.8, 4) is 0 Å². The molecule has 1 rings (SSSR count). The largest absolute Gasteiger partial charge is 0.368 e. The summed E-state index contributed by atoms with van der Waals surface area (Å²) in [6.07, 6.45) is 1.34. The summed E-state index contributed by atoms with van der Waals surface area (Å²) in [5, 5.41) is 7.58. The number of amides is 2. The molecule has 3 N–H and O–H groups in total. The van der Waals surface area contributed by atoms with Gasteiger partial charge in [-0.15, -0.1) is 0 Å². The fourth-order valence-corrected chi connectivity index (χ4v) is 1.43. The van der Waals surface area contributed by atoms with Gasteiger partial charge in [0.15, 0.2) is 11.6 Å². The minimum absolute atomic E-state index is 0.0214. The van der Waals surface area contributed by atoms with Crippen LogP contribution in [0.3, 0.4) is 0 Å². The van der Waals surface area contributed by atoms with Gasteiger partial charge in [-0.3, -0.25) is 9.59 Å². The van der Waals surface area contributed by atoms with Gasteiger partial charge in [-0.1, -0.05) is 0 Å². The molecule has 0 radical (unpaired) electrons. The monoisotopic (exact) mass is 268 g/mol. The van der Waals surface area contributed by atoms with Crippen LogP contribution in [0.4, 0.5) is 10.2 Å². The first-order valence-corrected chi connectivity index (χ1v) is 6.03. The molecule has 0 bridgehead atoms. The third-order valence-corrected chi connectivity index (χ3v) is 2.26. The lowest BCUT2D eigenvalue weighted by molar-refractivity contribution is -0.120. The van der Waals surface area contributed by atoms with E-state index in [1.807, 2.05) is 0 Å². The number of anilines is 1. The third kappa shape index (κ3) is 4.20. The van der Waals surface area contributed by atoms with Crippen molar-refractivity contribution in [1.29, 1.82) is 0 Å². The maximum Gasteiger partial charge on any atom is 0.254 e. The summed E-state index contributed by atoms with van der Waals surface area (Å²) < 4.78 is 13.9. The number of carbonyl (C=O) groups is 2. The summed E-state index contributed by atoms with van der Waals surface area (Å²) in [4.78, 5) is 26.7. The number of hydrogen-bond acceptors (Lipinski definition) is 4. The van der Waals surface area contributed by atoms with Crippen LogP contribution in [-0.4, -0.2) is 36.4 Å². The Morgan fingerprint density at radius 2 is 2.00 bits per heavy atom. The van der Waals surface area contributed by atoms with E-state index in [4.69, 9.17) is 0 Å². The molecule has 7 heteroatoms. The highest BCUT2D eigenvalue weighted by Gasteiger charge is 2.16. The SMILES string of the molecule is CCNC(=O)CNC(=O)c1ccnc(NCC)c1F. The molecule has 6 nitrogen and oxygen atoms in total. The zero-order valence-corrected chi connectivity index (χ0v) is 10.9. The molecule has 0 unspecified atom stereocenters. The lowest BCUT2D eigenvalue weighted by atomic mass is 10.2. The first-order chi connectivity index (χ1) is 9.10. The predicted octanol–water partition coefficient (Wildman–Crippen LogP) is 0.518. The molecule has 1 heterocycles. The Morgan fingerprint density at radius 3 is 2.63 bits per heavy atom. The highest BCUT2D eigenvalue weighted by molar-refractivity contribution is 5.97. The normalized spacial score (nSPS) is 9.84. The molecule has 1 aromatic rings. The average molecular weight is 268 g/mol. The molecule has 0 aliphatic rings. The van der Waals surface area contributed by atoms with Crippen LogP contribution in [-0.2, 0) is 4.79 Å². The van der Waals surface area contributed by atoms with Gasteiger partial charge in [0, 0.05) is 19.3 Å². The van der Waals surface area contributed by atoms with E-state index in [0.717, 1.165) is 0 Å². The lowest BCUT2D eigenvalue weighted by Crippen LogP contribution is -2.37. The van der Waals surface area contributed by atoms with E-state index in [2.05, 4.69) is 20.9 Å². The van der Waals surface area contributed by atoms with E-state index in [-0.39, 0.29) is 23.8 Å². The van der Waals surface area contributed by atoms with Crippen LogP contribution >= 0.6 is 0 Å². The standard InChI is InChI=1S/C12H17FN4O2/c1-3-14-9(18)7-17-12(19)8-5-6-16-11(10(8)13)15-4-2/h5-6H,3-4,7H2,1-2H3,(H,14,18)(H,15,16)(H,17,19). The van der Waals surface area contributed by atoms with Crippen molar-refractivity contribution >= 4 is 17.6 Å². The minimum Gasteiger partial charge on any atom is -0.368 e. The molecule has 1 aromatic heterocycles.